The predicted octanol–water partition coefficient (Wildman–Crippen LogP) is 1.28. The molecular formula is C16H24N6O3S2. The molecule has 0 radical (unpaired) electrons. The van der Waals surface area contributed by atoms with Crippen LogP contribution in [0.25, 0.3) is 5.69 Å². The molecule has 0 saturated carbocycles. The van der Waals surface area contributed by atoms with Gasteiger partial charge in [0.1, 0.15) is 6.04 Å². The van der Waals surface area contributed by atoms with Crippen molar-refractivity contribution in [3.63, 3.8) is 0 Å². The van der Waals surface area contributed by atoms with Crippen LogP contribution >= 0.6 is 11.8 Å². The van der Waals surface area contributed by atoms with Crippen molar-refractivity contribution in [2.75, 3.05) is 23.1 Å². The van der Waals surface area contributed by atoms with E-state index in [0.717, 1.165) is 11.3 Å². The summed E-state index contributed by atoms with van der Waals surface area (Å²) in [6.45, 7) is 5.23. The average Bonchev–Trinajstić information content (AvgIpc) is 3.06. The summed E-state index contributed by atoms with van der Waals surface area (Å²) in [5.41, 5.74) is 2.22. The molecule has 0 spiro atoms. The van der Waals surface area contributed by atoms with Crippen molar-refractivity contribution in [3.05, 3.63) is 29.6 Å². The number of aromatic nitrogens is 4. The zero-order valence-electron chi connectivity index (χ0n) is 15.8. The largest absolute Gasteiger partial charge is 0.325 e. The molecular weight excluding hydrogens is 388 g/mol. The van der Waals surface area contributed by atoms with Crippen LogP contribution in [0.15, 0.2) is 18.2 Å². The summed E-state index contributed by atoms with van der Waals surface area (Å²) in [4.78, 5) is 12.7. The van der Waals surface area contributed by atoms with Crippen LogP contribution in [0.4, 0.5) is 5.69 Å². The topological polar surface area (TPSA) is 119 Å². The van der Waals surface area contributed by atoms with E-state index in [1.807, 2.05) is 19.2 Å². The van der Waals surface area contributed by atoms with Crippen LogP contribution in [0.2, 0.25) is 0 Å². The number of anilines is 1. The van der Waals surface area contributed by atoms with Gasteiger partial charge in [0.25, 0.3) is 0 Å². The second-order valence-corrected chi connectivity index (χ2v) is 9.01. The average molecular weight is 413 g/mol. The van der Waals surface area contributed by atoms with E-state index in [0.29, 0.717) is 23.7 Å². The van der Waals surface area contributed by atoms with Crippen LogP contribution in [0, 0.1) is 13.8 Å². The van der Waals surface area contributed by atoms with Gasteiger partial charge >= 0.3 is 0 Å². The first-order chi connectivity index (χ1) is 12.8. The minimum absolute atomic E-state index is 0.0801. The summed E-state index contributed by atoms with van der Waals surface area (Å²) < 4.78 is 27.8. The molecule has 1 aromatic heterocycles. The monoisotopic (exact) mass is 412 g/mol. The lowest BCUT2D eigenvalue weighted by molar-refractivity contribution is -0.117. The van der Waals surface area contributed by atoms with Crippen molar-refractivity contribution in [1.29, 1.82) is 0 Å². The lowest BCUT2D eigenvalue weighted by atomic mass is 10.1. The van der Waals surface area contributed by atoms with Crippen molar-refractivity contribution < 1.29 is 13.2 Å². The molecule has 0 aliphatic rings. The number of amides is 1. The van der Waals surface area contributed by atoms with Crippen LogP contribution in [-0.2, 0) is 14.8 Å². The van der Waals surface area contributed by atoms with E-state index in [2.05, 4.69) is 25.6 Å². The Morgan fingerprint density at radius 1 is 1.33 bits per heavy atom. The Morgan fingerprint density at radius 3 is 2.67 bits per heavy atom. The Bertz CT molecular complexity index is 897. The number of nitrogens with zero attached hydrogens (tertiary/aromatic N) is 4. The number of aryl methyl sites for hydroxylation is 2. The number of hydrogen-bond acceptors (Lipinski definition) is 7. The summed E-state index contributed by atoms with van der Waals surface area (Å²) in [7, 11) is -3.49. The zero-order valence-corrected chi connectivity index (χ0v) is 17.4. The zero-order chi connectivity index (χ0) is 20.0. The minimum atomic E-state index is -3.49. The molecule has 2 N–H and O–H groups in total. The number of carbonyl (C=O) groups excluding carboxylic acids is 1. The highest BCUT2D eigenvalue weighted by Crippen LogP contribution is 2.20. The number of hydrogen-bond donors (Lipinski definition) is 2. The molecule has 2 aromatic rings. The first kappa shape index (κ1) is 21.3. The van der Waals surface area contributed by atoms with Gasteiger partial charge in [-0.3, -0.25) is 4.79 Å². The van der Waals surface area contributed by atoms with Gasteiger partial charge in [-0.2, -0.15) is 16.4 Å². The van der Waals surface area contributed by atoms with Gasteiger partial charge in [-0.1, -0.05) is 6.07 Å². The normalized spacial score (nSPS) is 12.7. The Balaban J connectivity index is 2.23. The second-order valence-electron chi connectivity index (χ2n) is 5.98. The lowest BCUT2D eigenvalue weighted by Crippen LogP contribution is -2.44. The maximum Gasteiger partial charge on any atom is 0.242 e. The quantitative estimate of drug-likeness (QED) is 0.637. The molecule has 27 heavy (non-hydrogen) atoms. The number of thioether (sulfide) groups is 1. The Kier molecular flexibility index (Phi) is 7.33. The van der Waals surface area contributed by atoms with Gasteiger partial charge in [0, 0.05) is 5.69 Å². The molecule has 1 unspecified atom stereocenters. The number of rotatable bonds is 9. The Hall–Kier alpha value is -1.98. The van der Waals surface area contributed by atoms with Crippen LogP contribution in [0.5, 0.6) is 0 Å². The maximum atomic E-state index is 12.7. The Labute approximate surface area is 163 Å². The SMILES string of the molecule is CCS(=O)(=O)NC(CCSC)C(=O)Nc1ccc(C)c(-n2nnnc2C)c1. The molecule has 1 aromatic carbocycles. The molecule has 0 fully saturated rings. The van der Waals surface area contributed by atoms with E-state index < -0.39 is 22.0 Å². The van der Waals surface area contributed by atoms with E-state index in [1.54, 1.807) is 35.5 Å². The third kappa shape index (κ3) is 5.75. The molecule has 11 heteroatoms. The number of carbonyl (C=O) groups is 1. The third-order valence-electron chi connectivity index (χ3n) is 3.96. The van der Waals surface area contributed by atoms with Crippen molar-refractivity contribution in [3.8, 4) is 5.69 Å². The summed E-state index contributed by atoms with van der Waals surface area (Å²) >= 11 is 1.55. The number of benzene rings is 1. The molecule has 1 heterocycles. The van der Waals surface area contributed by atoms with Gasteiger partial charge in [0.05, 0.1) is 11.4 Å². The molecule has 9 nitrogen and oxygen atoms in total. The highest BCUT2D eigenvalue weighted by Gasteiger charge is 2.23. The molecule has 148 valence electrons. The van der Waals surface area contributed by atoms with E-state index in [-0.39, 0.29) is 5.75 Å². The fraction of sp³-hybridized carbons (Fsp3) is 0.500. The smallest absolute Gasteiger partial charge is 0.242 e. The van der Waals surface area contributed by atoms with E-state index in [4.69, 9.17) is 0 Å². The van der Waals surface area contributed by atoms with Gasteiger partial charge in [0.2, 0.25) is 15.9 Å². The van der Waals surface area contributed by atoms with Gasteiger partial charge in [-0.25, -0.2) is 13.1 Å². The molecule has 0 bridgehead atoms. The maximum absolute atomic E-state index is 12.7. The number of nitrogens with one attached hydrogen (secondary N) is 2. The molecule has 1 atom stereocenters. The van der Waals surface area contributed by atoms with Crippen molar-refractivity contribution in [1.82, 2.24) is 24.9 Å². The molecule has 0 aliphatic carbocycles. The Morgan fingerprint density at radius 2 is 2.07 bits per heavy atom. The molecule has 2 rings (SSSR count). The van der Waals surface area contributed by atoms with Gasteiger partial charge in [0.15, 0.2) is 5.82 Å². The van der Waals surface area contributed by atoms with Crippen LogP contribution in [-0.4, -0.2) is 58.3 Å². The fourth-order valence-electron chi connectivity index (χ4n) is 2.38. The predicted molar refractivity (Wildman–Crippen MR) is 107 cm³/mol. The van der Waals surface area contributed by atoms with Crippen LogP contribution in [0.1, 0.15) is 24.7 Å². The van der Waals surface area contributed by atoms with Gasteiger partial charge < -0.3 is 5.32 Å². The fourth-order valence-corrected chi connectivity index (χ4v) is 3.67. The summed E-state index contributed by atoms with van der Waals surface area (Å²) in [5, 5.41) is 14.3. The van der Waals surface area contributed by atoms with E-state index in [1.165, 1.54) is 6.92 Å². The van der Waals surface area contributed by atoms with E-state index >= 15 is 0 Å². The minimum Gasteiger partial charge on any atom is -0.325 e. The van der Waals surface area contributed by atoms with Crippen molar-refractivity contribution in [2.24, 2.45) is 0 Å². The molecule has 0 aliphatic heterocycles. The number of sulfonamides is 1. The first-order valence-corrected chi connectivity index (χ1v) is 11.5. The summed E-state index contributed by atoms with van der Waals surface area (Å²) in [6.07, 6.45) is 2.31. The highest BCUT2D eigenvalue weighted by molar-refractivity contribution is 7.98. The van der Waals surface area contributed by atoms with Crippen molar-refractivity contribution in [2.45, 2.75) is 33.2 Å². The highest BCUT2D eigenvalue weighted by atomic mass is 32.2. The first-order valence-electron chi connectivity index (χ1n) is 8.43. The van der Waals surface area contributed by atoms with Crippen molar-refractivity contribution >= 4 is 33.4 Å². The van der Waals surface area contributed by atoms with Gasteiger partial charge in [-0.15, -0.1) is 5.10 Å². The second kappa shape index (κ2) is 9.29. The number of tetrazole rings is 1. The standard InChI is InChI=1S/C16H24N6O3S2/c1-5-27(24,25)19-14(8-9-26-4)16(23)17-13-7-6-11(2)15(10-13)22-12(3)18-20-21-22/h6-7,10,14,19H,5,8-9H2,1-4H3,(H,17,23). The summed E-state index contributed by atoms with van der Waals surface area (Å²) in [5.74, 6) is 0.802. The lowest BCUT2D eigenvalue weighted by Gasteiger charge is -2.18. The molecule has 1 amide bonds. The van der Waals surface area contributed by atoms with Crippen LogP contribution in [0.3, 0.4) is 0 Å². The van der Waals surface area contributed by atoms with Crippen LogP contribution < -0.4 is 10.0 Å². The third-order valence-corrected chi connectivity index (χ3v) is 6.01. The summed E-state index contributed by atoms with van der Waals surface area (Å²) in [6, 6.07) is 4.54. The van der Waals surface area contributed by atoms with E-state index in [9.17, 15) is 13.2 Å². The molecule has 0 saturated heterocycles. The van der Waals surface area contributed by atoms with Gasteiger partial charge in [-0.05, 0) is 67.3 Å².